The SMILES string of the molecule is CCCCCNC(=O)c1ccc(C(=O)NCC)c(CN)c1. The van der Waals surface area contributed by atoms with Gasteiger partial charge in [-0.05, 0) is 37.1 Å². The molecule has 116 valence electrons. The molecule has 0 aliphatic heterocycles. The van der Waals surface area contributed by atoms with Crippen LogP contribution in [0.1, 0.15) is 59.4 Å². The molecule has 0 atom stereocenters. The first kappa shape index (κ1) is 17.2. The molecular formula is C16H25N3O2. The molecule has 2 amide bonds. The summed E-state index contributed by atoms with van der Waals surface area (Å²) in [7, 11) is 0. The van der Waals surface area contributed by atoms with E-state index in [1.54, 1.807) is 18.2 Å². The van der Waals surface area contributed by atoms with Crippen molar-refractivity contribution in [2.24, 2.45) is 5.73 Å². The van der Waals surface area contributed by atoms with Gasteiger partial charge in [-0.2, -0.15) is 0 Å². The Bertz CT molecular complexity index is 486. The zero-order chi connectivity index (χ0) is 15.7. The molecule has 0 aliphatic rings. The van der Waals surface area contributed by atoms with Crippen molar-refractivity contribution in [1.29, 1.82) is 0 Å². The summed E-state index contributed by atoms with van der Waals surface area (Å²) >= 11 is 0. The Hall–Kier alpha value is -1.88. The van der Waals surface area contributed by atoms with E-state index in [0.717, 1.165) is 19.3 Å². The lowest BCUT2D eigenvalue weighted by Gasteiger charge is -2.10. The summed E-state index contributed by atoms with van der Waals surface area (Å²) in [6, 6.07) is 5.02. The zero-order valence-electron chi connectivity index (χ0n) is 12.9. The standard InChI is InChI=1S/C16H25N3O2/c1-3-5-6-9-19-15(20)12-7-8-14(13(10-12)11-17)16(21)18-4-2/h7-8,10H,3-6,9,11,17H2,1-2H3,(H,18,21)(H,19,20). The van der Waals surface area contributed by atoms with Gasteiger partial charge in [-0.3, -0.25) is 9.59 Å². The molecule has 1 aromatic rings. The van der Waals surface area contributed by atoms with E-state index in [-0.39, 0.29) is 18.4 Å². The van der Waals surface area contributed by atoms with Crippen molar-refractivity contribution in [2.45, 2.75) is 39.7 Å². The fourth-order valence-corrected chi connectivity index (χ4v) is 2.06. The second-order valence-corrected chi connectivity index (χ2v) is 4.90. The highest BCUT2D eigenvalue weighted by Gasteiger charge is 2.13. The van der Waals surface area contributed by atoms with Crippen molar-refractivity contribution in [2.75, 3.05) is 13.1 Å². The third kappa shape index (κ3) is 5.19. The molecule has 21 heavy (non-hydrogen) atoms. The topological polar surface area (TPSA) is 84.2 Å². The van der Waals surface area contributed by atoms with Crippen LogP contribution in [-0.4, -0.2) is 24.9 Å². The van der Waals surface area contributed by atoms with E-state index in [2.05, 4.69) is 17.6 Å². The molecule has 0 fully saturated rings. The first-order valence-electron chi connectivity index (χ1n) is 7.53. The minimum atomic E-state index is -0.159. The van der Waals surface area contributed by atoms with E-state index in [4.69, 9.17) is 5.73 Å². The van der Waals surface area contributed by atoms with Crippen molar-refractivity contribution in [1.82, 2.24) is 10.6 Å². The van der Waals surface area contributed by atoms with E-state index in [0.29, 0.717) is 29.8 Å². The van der Waals surface area contributed by atoms with Gasteiger partial charge >= 0.3 is 0 Å². The average Bonchev–Trinajstić information content (AvgIpc) is 2.50. The Morgan fingerprint density at radius 1 is 1.10 bits per heavy atom. The van der Waals surface area contributed by atoms with Crippen molar-refractivity contribution in [3.63, 3.8) is 0 Å². The summed E-state index contributed by atoms with van der Waals surface area (Å²) in [5.74, 6) is -0.281. The van der Waals surface area contributed by atoms with E-state index >= 15 is 0 Å². The fourth-order valence-electron chi connectivity index (χ4n) is 2.06. The van der Waals surface area contributed by atoms with Crippen molar-refractivity contribution in [3.8, 4) is 0 Å². The van der Waals surface area contributed by atoms with Crippen LogP contribution in [0.25, 0.3) is 0 Å². The maximum Gasteiger partial charge on any atom is 0.251 e. The summed E-state index contributed by atoms with van der Waals surface area (Å²) in [6.45, 7) is 5.43. The number of nitrogens with two attached hydrogens (primary N) is 1. The lowest BCUT2D eigenvalue weighted by Crippen LogP contribution is -2.27. The Labute approximate surface area is 126 Å². The zero-order valence-corrected chi connectivity index (χ0v) is 12.9. The van der Waals surface area contributed by atoms with Crippen LogP contribution in [0.5, 0.6) is 0 Å². The van der Waals surface area contributed by atoms with Crippen LogP contribution < -0.4 is 16.4 Å². The van der Waals surface area contributed by atoms with Crippen LogP contribution in [0, 0.1) is 0 Å². The maximum absolute atomic E-state index is 12.0. The molecule has 0 aromatic heterocycles. The number of hydrogen-bond donors (Lipinski definition) is 3. The number of unbranched alkanes of at least 4 members (excludes halogenated alkanes) is 2. The molecule has 5 heteroatoms. The van der Waals surface area contributed by atoms with Gasteiger partial charge in [0, 0.05) is 30.8 Å². The number of benzene rings is 1. The predicted octanol–water partition coefficient (Wildman–Crippen LogP) is 1.82. The predicted molar refractivity (Wildman–Crippen MR) is 84.2 cm³/mol. The number of rotatable bonds is 8. The number of nitrogens with one attached hydrogen (secondary N) is 2. The van der Waals surface area contributed by atoms with E-state index < -0.39 is 0 Å². The molecule has 1 rings (SSSR count). The van der Waals surface area contributed by atoms with Crippen LogP contribution in [0.4, 0.5) is 0 Å². The van der Waals surface area contributed by atoms with Gasteiger partial charge in [-0.25, -0.2) is 0 Å². The van der Waals surface area contributed by atoms with Crippen LogP contribution in [0.3, 0.4) is 0 Å². The number of carbonyl (C=O) groups is 2. The molecule has 0 heterocycles. The molecule has 0 radical (unpaired) electrons. The summed E-state index contributed by atoms with van der Waals surface area (Å²) < 4.78 is 0. The fraction of sp³-hybridized carbons (Fsp3) is 0.500. The number of amides is 2. The monoisotopic (exact) mass is 291 g/mol. The lowest BCUT2D eigenvalue weighted by molar-refractivity contribution is 0.0941. The Morgan fingerprint density at radius 2 is 1.86 bits per heavy atom. The maximum atomic E-state index is 12.0. The molecule has 5 nitrogen and oxygen atoms in total. The number of hydrogen-bond acceptors (Lipinski definition) is 3. The highest BCUT2D eigenvalue weighted by atomic mass is 16.2. The van der Waals surface area contributed by atoms with Crippen LogP contribution in [-0.2, 0) is 6.54 Å². The molecule has 0 spiro atoms. The van der Waals surface area contributed by atoms with Crippen LogP contribution >= 0.6 is 0 Å². The van der Waals surface area contributed by atoms with Crippen LogP contribution in [0.15, 0.2) is 18.2 Å². The van der Waals surface area contributed by atoms with Crippen molar-refractivity contribution >= 4 is 11.8 Å². The first-order chi connectivity index (χ1) is 10.1. The molecule has 0 bridgehead atoms. The quantitative estimate of drug-likeness (QED) is 0.639. The van der Waals surface area contributed by atoms with Gasteiger partial charge in [0.25, 0.3) is 11.8 Å². The summed E-state index contributed by atoms with van der Waals surface area (Å²) in [6.07, 6.45) is 3.20. The molecule has 0 saturated carbocycles. The van der Waals surface area contributed by atoms with Crippen molar-refractivity contribution < 1.29 is 9.59 Å². The molecular weight excluding hydrogens is 266 g/mol. The van der Waals surface area contributed by atoms with Crippen molar-refractivity contribution in [3.05, 3.63) is 34.9 Å². The van der Waals surface area contributed by atoms with Crippen LogP contribution in [0.2, 0.25) is 0 Å². The molecule has 0 aliphatic carbocycles. The highest BCUT2D eigenvalue weighted by Crippen LogP contribution is 2.12. The first-order valence-corrected chi connectivity index (χ1v) is 7.53. The largest absolute Gasteiger partial charge is 0.352 e. The van der Waals surface area contributed by atoms with Gasteiger partial charge in [-0.1, -0.05) is 19.8 Å². The lowest BCUT2D eigenvalue weighted by atomic mass is 10.0. The molecule has 4 N–H and O–H groups in total. The smallest absolute Gasteiger partial charge is 0.251 e. The van der Waals surface area contributed by atoms with Gasteiger partial charge in [0.2, 0.25) is 0 Å². The highest BCUT2D eigenvalue weighted by molar-refractivity contribution is 5.99. The van der Waals surface area contributed by atoms with E-state index in [1.165, 1.54) is 0 Å². The van der Waals surface area contributed by atoms with E-state index in [1.807, 2.05) is 6.92 Å². The minimum absolute atomic E-state index is 0.122. The number of carbonyl (C=O) groups excluding carboxylic acids is 2. The normalized spacial score (nSPS) is 10.2. The van der Waals surface area contributed by atoms with Gasteiger partial charge < -0.3 is 16.4 Å². The molecule has 0 saturated heterocycles. The Morgan fingerprint density at radius 3 is 2.48 bits per heavy atom. The Balaban J connectivity index is 2.77. The van der Waals surface area contributed by atoms with Gasteiger partial charge in [0.05, 0.1) is 0 Å². The summed E-state index contributed by atoms with van der Waals surface area (Å²) in [5, 5.41) is 5.62. The molecule has 0 unspecified atom stereocenters. The minimum Gasteiger partial charge on any atom is -0.352 e. The molecule has 1 aromatic carbocycles. The van der Waals surface area contributed by atoms with E-state index in [9.17, 15) is 9.59 Å². The summed E-state index contributed by atoms with van der Waals surface area (Å²) in [4.78, 5) is 23.9. The van der Waals surface area contributed by atoms with Gasteiger partial charge in [0.15, 0.2) is 0 Å². The third-order valence-electron chi connectivity index (χ3n) is 3.24. The Kier molecular flexibility index (Phi) is 7.46. The second-order valence-electron chi connectivity index (χ2n) is 4.90. The third-order valence-corrected chi connectivity index (χ3v) is 3.24. The van der Waals surface area contributed by atoms with Gasteiger partial charge in [-0.15, -0.1) is 0 Å². The van der Waals surface area contributed by atoms with Gasteiger partial charge in [0.1, 0.15) is 0 Å². The second kappa shape index (κ2) is 9.13. The summed E-state index contributed by atoms with van der Waals surface area (Å²) in [5.41, 5.74) is 7.44. The average molecular weight is 291 g/mol.